The molecule has 1 aliphatic rings. The number of rotatable bonds is 3. The Balaban J connectivity index is 2.16. The molecule has 5 nitrogen and oxygen atoms in total. The summed E-state index contributed by atoms with van der Waals surface area (Å²) in [5.41, 5.74) is 7.32. The molecule has 2 amide bonds. The molecule has 1 atom stereocenters. The van der Waals surface area contributed by atoms with Gasteiger partial charge in [-0.3, -0.25) is 9.59 Å². The van der Waals surface area contributed by atoms with Crippen LogP contribution in [0.15, 0.2) is 24.3 Å². The quantitative estimate of drug-likeness (QED) is 0.652. The molecule has 102 valence electrons. The molecular formula is C14H19N3O2. The van der Waals surface area contributed by atoms with Crippen LogP contribution in [0.1, 0.15) is 25.5 Å². The zero-order chi connectivity index (χ0) is 14.0. The molecule has 1 aliphatic heterocycles. The number of hydrogen-bond donors (Lipinski definition) is 1. The van der Waals surface area contributed by atoms with E-state index in [1.807, 2.05) is 26.0 Å². The van der Waals surface area contributed by atoms with Crippen LogP contribution in [0, 0.1) is 0 Å². The number of anilines is 1. The molecule has 1 fully saturated rings. The third-order valence-corrected chi connectivity index (χ3v) is 3.61. The van der Waals surface area contributed by atoms with Crippen molar-refractivity contribution in [3.05, 3.63) is 29.8 Å². The summed E-state index contributed by atoms with van der Waals surface area (Å²) in [7, 11) is 0. The van der Waals surface area contributed by atoms with Gasteiger partial charge in [0.1, 0.15) is 0 Å². The van der Waals surface area contributed by atoms with Crippen molar-refractivity contribution in [2.24, 2.45) is 0 Å². The van der Waals surface area contributed by atoms with Crippen LogP contribution in [-0.4, -0.2) is 41.2 Å². The fourth-order valence-electron chi connectivity index (χ4n) is 2.32. The normalized spacial score (nSPS) is 17.8. The van der Waals surface area contributed by atoms with E-state index in [2.05, 4.69) is 0 Å². The minimum Gasteiger partial charge on any atom is -0.399 e. The number of amides is 2. The average Bonchev–Trinajstić information content (AvgIpc) is 2.42. The van der Waals surface area contributed by atoms with Gasteiger partial charge in [-0.2, -0.15) is 0 Å². The van der Waals surface area contributed by atoms with Crippen LogP contribution < -0.4 is 5.73 Å². The number of likely N-dealkylation sites (N-methyl/N-ethyl adjacent to an activating group) is 1. The van der Waals surface area contributed by atoms with E-state index >= 15 is 0 Å². The van der Waals surface area contributed by atoms with Crippen molar-refractivity contribution < 1.29 is 9.59 Å². The van der Waals surface area contributed by atoms with Crippen molar-refractivity contribution >= 4 is 17.5 Å². The van der Waals surface area contributed by atoms with Gasteiger partial charge in [-0.15, -0.1) is 0 Å². The van der Waals surface area contributed by atoms with E-state index < -0.39 is 11.8 Å². The molecule has 0 radical (unpaired) electrons. The maximum atomic E-state index is 12.1. The second-order valence-electron chi connectivity index (χ2n) is 4.73. The topological polar surface area (TPSA) is 66.6 Å². The molecule has 0 bridgehead atoms. The summed E-state index contributed by atoms with van der Waals surface area (Å²) in [5, 5.41) is 0. The molecule has 0 aliphatic carbocycles. The second kappa shape index (κ2) is 5.30. The summed E-state index contributed by atoms with van der Waals surface area (Å²) in [6, 6.07) is 7.28. The highest BCUT2D eigenvalue weighted by atomic mass is 16.2. The number of carbonyl (C=O) groups is 2. The third kappa shape index (κ3) is 2.54. The fraction of sp³-hybridized carbons (Fsp3) is 0.429. The predicted molar refractivity (Wildman–Crippen MR) is 73.2 cm³/mol. The summed E-state index contributed by atoms with van der Waals surface area (Å²) in [6.07, 6.45) is 0. The fourth-order valence-corrected chi connectivity index (χ4v) is 2.32. The Kier molecular flexibility index (Phi) is 3.74. The summed E-state index contributed by atoms with van der Waals surface area (Å²) < 4.78 is 0. The van der Waals surface area contributed by atoms with E-state index in [1.165, 1.54) is 0 Å². The highest BCUT2D eigenvalue weighted by Gasteiger charge is 2.34. The molecule has 0 aromatic heterocycles. The van der Waals surface area contributed by atoms with Crippen LogP contribution in [-0.2, 0) is 9.59 Å². The van der Waals surface area contributed by atoms with E-state index in [-0.39, 0.29) is 6.04 Å². The number of benzene rings is 1. The van der Waals surface area contributed by atoms with Crippen LogP contribution in [0.3, 0.4) is 0 Å². The molecule has 1 heterocycles. The first-order valence-corrected chi connectivity index (χ1v) is 6.50. The van der Waals surface area contributed by atoms with Gasteiger partial charge in [0.2, 0.25) is 0 Å². The summed E-state index contributed by atoms with van der Waals surface area (Å²) in [6.45, 7) is 5.56. The Morgan fingerprint density at radius 1 is 1.16 bits per heavy atom. The van der Waals surface area contributed by atoms with Crippen LogP contribution in [0.4, 0.5) is 5.69 Å². The van der Waals surface area contributed by atoms with Gasteiger partial charge in [-0.1, -0.05) is 12.1 Å². The first kappa shape index (κ1) is 13.4. The van der Waals surface area contributed by atoms with Crippen LogP contribution in [0.25, 0.3) is 0 Å². The van der Waals surface area contributed by atoms with Crippen LogP contribution >= 0.6 is 0 Å². The van der Waals surface area contributed by atoms with Crippen molar-refractivity contribution in [3.63, 3.8) is 0 Å². The Morgan fingerprint density at radius 3 is 2.37 bits per heavy atom. The molecule has 1 saturated heterocycles. The second-order valence-corrected chi connectivity index (χ2v) is 4.73. The largest absolute Gasteiger partial charge is 0.399 e. The summed E-state index contributed by atoms with van der Waals surface area (Å²) >= 11 is 0. The van der Waals surface area contributed by atoms with Crippen LogP contribution in [0.5, 0.6) is 0 Å². The van der Waals surface area contributed by atoms with Gasteiger partial charge in [0.15, 0.2) is 0 Å². The number of carbonyl (C=O) groups excluding carboxylic acids is 2. The van der Waals surface area contributed by atoms with E-state index in [9.17, 15) is 9.59 Å². The minimum absolute atomic E-state index is 0.115. The molecule has 0 saturated carbocycles. The third-order valence-electron chi connectivity index (χ3n) is 3.61. The van der Waals surface area contributed by atoms with Crippen molar-refractivity contribution in [1.82, 2.24) is 9.80 Å². The Labute approximate surface area is 113 Å². The van der Waals surface area contributed by atoms with E-state index in [1.54, 1.807) is 21.9 Å². The molecule has 5 heteroatoms. The number of hydrogen-bond acceptors (Lipinski definition) is 3. The van der Waals surface area contributed by atoms with E-state index in [4.69, 9.17) is 5.73 Å². The van der Waals surface area contributed by atoms with Crippen LogP contribution in [0.2, 0.25) is 0 Å². The molecule has 2 N–H and O–H groups in total. The number of nitrogens with zero attached hydrogens (tertiary/aromatic N) is 2. The van der Waals surface area contributed by atoms with Crippen molar-refractivity contribution in [1.29, 1.82) is 0 Å². The first-order chi connectivity index (χ1) is 9.04. The van der Waals surface area contributed by atoms with Gasteiger partial charge in [0.25, 0.3) is 0 Å². The standard InChI is InChI=1S/C14H19N3O2/c1-3-16-8-9-17(14(19)13(16)18)10(2)11-4-6-12(15)7-5-11/h4-7,10H,3,8-9,15H2,1-2H3. The van der Waals surface area contributed by atoms with Crippen molar-refractivity contribution in [3.8, 4) is 0 Å². The maximum absolute atomic E-state index is 12.1. The number of piperazine rings is 1. The molecule has 2 rings (SSSR count). The lowest BCUT2D eigenvalue weighted by Crippen LogP contribution is -2.54. The zero-order valence-electron chi connectivity index (χ0n) is 11.3. The maximum Gasteiger partial charge on any atom is 0.312 e. The molecule has 1 aromatic rings. The molecule has 0 spiro atoms. The number of nitrogen functional groups attached to an aromatic ring is 1. The lowest BCUT2D eigenvalue weighted by atomic mass is 10.1. The van der Waals surface area contributed by atoms with E-state index in [0.717, 1.165) is 5.56 Å². The monoisotopic (exact) mass is 261 g/mol. The van der Waals surface area contributed by atoms with Gasteiger partial charge < -0.3 is 15.5 Å². The van der Waals surface area contributed by atoms with Gasteiger partial charge >= 0.3 is 11.8 Å². The van der Waals surface area contributed by atoms with E-state index in [0.29, 0.717) is 25.3 Å². The van der Waals surface area contributed by atoms with Gasteiger partial charge in [-0.05, 0) is 31.5 Å². The molecule has 19 heavy (non-hydrogen) atoms. The lowest BCUT2D eigenvalue weighted by Gasteiger charge is -2.36. The molecule has 1 aromatic carbocycles. The summed E-state index contributed by atoms with van der Waals surface area (Å²) in [4.78, 5) is 27.2. The molecule has 1 unspecified atom stereocenters. The Bertz CT molecular complexity index is 484. The zero-order valence-corrected chi connectivity index (χ0v) is 11.3. The summed E-state index contributed by atoms with van der Waals surface area (Å²) in [5.74, 6) is -0.825. The Hall–Kier alpha value is -2.04. The number of nitrogens with two attached hydrogens (primary N) is 1. The highest BCUT2D eigenvalue weighted by molar-refractivity contribution is 6.35. The van der Waals surface area contributed by atoms with Gasteiger partial charge in [-0.25, -0.2) is 0 Å². The first-order valence-electron chi connectivity index (χ1n) is 6.50. The SMILES string of the molecule is CCN1CCN(C(C)c2ccc(N)cc2)C(=O)C1=O. The smallest absolute Gasteiger partial charge is 0.312 e. The van der Waals surface area contributed by atoms with Crippen molar-refractivity contribution in [2.45, 2.75) is 19.9 Å². The van der Waals surface area contributed by atoms with Gasteiger partial charge in [0.05, 0.1) is 6.04 Å². The lowest BCUT2D eigenvalue weighted by molar-refractivity contribution is -0.157. The Morgan fingerprint density at radius 2 is 1.79 bits per heavy atom. The highest BCUT2D eigenvalue weighted by Crippen LogP contribution is 2.23. The molecular weight excluding hydrogens is 242 g/mol. The predicted octanol–water partition coefficient (Wildman–Crippen LogP) is 1.02. The average molecular weight is 261 g/mol. The van der Waals surface area contributed by atoms with Gasteiger partial charge in [0, 0.05) is 25.3 Å². The minimum atomic E-state index is -0.419. The van der Waals surface area contributed by atoms with Crippen molar-refractivity contribution in [2.75, 3.05) is 25.4 Å².